The molecule has 2 aromatic carbocycles. The van der Waals surface area contributed by atoms with E-state index in [-0.39, 0.29) is 24.5 Å². The lowest BCUT2D eigenvalue weighted by Crippen LogP contribution is -2.34. The molecule has 1 amide bonds. The number of fused-ring (bicyclic) bond motifs is 1. The lowest BCUT2D eigenvalue weighted by Gasteiger charge is -2.18. The zero-order valence-corrected chi connectivity index (χ0v) is 16.5. The van der Waals surface area contributed by atoms with Gasteiger partial charge in [-0.25, -0.2) is 4.79 Å². The fourth-order valence-corrected chi connectivity index (χ4v) is 3.95. The Morgan fingerprint density at radius 1 is 0.938 bits per heavy atom. The first kappa shape index (κ1) is 22.0. The van der Waals surface area contributed by atoms with Crippen LogP contribution in [0, 0.1) is 0 Å². The van der Waals surface area contributed by atoms with Gasteiger partial charge in [-0.15, -0.1) is 0 Å². The third-order valence-electron chi connectivity index (χ3n) is 5.49. The second kappa shape index (κ2) is 8.07. The Bertz CT molecular complexity index is 1100. The highest BCUT2D eigenvalue weighted by Crippen LogP contribution is 2.37. The first-order valence-electron chi connectivity index (χ1n) is 9.81. The number of carbonyl (C=O) groups excluding carboxylic acids is 1. The van der Waals surface area contributed by atoms with E-state index >= 15 is 0 Å². The van der Waals surface area contributed by atoms with Crippen LogP contribution >= 0.6 is 0 Å². The minimum absolute atomic E-state index is 0.0738. The number of alkyl halides is 6. The Labute approximate surface area is 178 Å². The summed E-state index contributed by atoms with van der Waals surface area (Å²) in [6.45, 7) is 0. The molecule has 2 heterocycles. The Balaban J connectivity index is 1.52. The van der Waals surface area contributed by atoms with Gasteiger partial charge in [0.05, 0.1) is 17.2 Å². The number of nitrogens with one attached hydrogen (secondary N) is 2. The maximum Gasteiger partial charge on any atom is 0.416 e. The van der Waals surface area contributed by atoms with E-state index in [9.17, 15) is 31.1 Å². The maximum atomic E-state index is 13.1. The largest absolute Gasteiger partial charge is 0.444 e. The van der Waals surface area contributed by atoms with Crippen LogP contribution in [0.25, 0.3) is 10.9 Å². The third kappa shape index (κ3) is 4.68. The van der Waals surface area contributed by atoms with Gasteiger partial charge in [-0.3, -0.25) is 0 Å². The topological polar surface area (TPSA) is 54.1 Å². The number of hydrogen-bond donors (Lipinski definition) is 2. The number of ether oxygens (including phenoxy) is 1. The second-order valence-electron chi connectivity index (χ2n) is 7.71. The number of amides is 1. The highest BCUT2D eigenvalue weighted by atomic mass is 19.4. The van der Waals surface area contributed by atoms with Crippen LogP contribution in [0.5, 0.6) is 0 Å². The molecular weight excluding hydrogens is 438 g/mol. The molecule has 1 aromatic heterocycles. The van der Waals surface area contributed by atoms with Crippen LogP contribution in [-0.2, 0) is 29.9 Å². The maximum absolute atomic E-state index is 13.1. The van der Waals surface area contributed by atoms with Gasteiger partial charge >= 0.3 is 18.4 Å². The van der Waals surface area contributed by atoms with Crippen LogP contribution in [0.15, 0.2) is 48.7 Å². The van der Waals surface area contributed by atoms with Crippen molar-refractivity contribution in [3.63, 3.8) is 0 Å². The summed E-state index contributed by atoms with van der Waals surface area (Å²) in [7, 11) is 0. The van der Waals surface area contributed by atoms with Crippen molar-refractivity contribution in [3.05, 3.63) is 70.9 Å². The van der Waals surface area contributed by atoms with Gasteiger partial charge in [0.25, 0.3) is 0 Å². The molecule has 0 saturated carbocycles. The third-order valence-corrected chi connectivity index (χ3v) is 5.49. The summed E-state index contributed by atoms with van der Waals surface area (Å²) in [4.78, 5) is 14.9. The van der Waals surface area contributed by atoms with Gasteiger partial charge in [0.15, 0.2) is 0 Å². The van der Waals surface area contributed by atoms with E-state index in [1.165, 1.54) is 0 Å². The van der Waals surface area contributed by atoms with E-state index in [4.69, 9.17) is 4.74 Å². The van der Waals surface area contributed by atoms with Crippen LogP contribution in [0.2, 0.25) is 0 Å². The molecule has 0 radical (unpaired) electrons. The highest BCUT2D eigenvalue weighted by molar-refractivity contribution is 5.83. The molecule has 32 heavy (non-hydrogen) atoms. The summed E-state index contributed by atoms with van der Waals surface area (Å²) in [5, 5.41) is 3.64. The molecule has 0 aliphatic carbocycles. The Morgan fingerprint density at radius 3 is 2.25 bits per heavy atom. The van der Waals surface area contributed by atoms with Crippen molar-refractivity contribution < 1.29 is 35.9 Å². The monoisotopic (exact) mass is 456 g/mol. The summed E-state index contributed by atoms with van der Waals surface area (Å²) in [6.07, 6.45) is -9.02. The number of benzene rings is 2. The lowest BCUT2D eigenvalue weighted by molar-refractivity contribution is -0.143. The Kier molecular flexibility index (Phi) is 5.56. The molecule has 10 heteroatoms. The highest BCUT2D eigenvalue weighted by Gasteiger charge is 2.38. The van der Waals surface area contributed by atoms with E-state index in [1.54, 1.807) is 6.20 Å². The first-order chi connectivity index (χ1) is 15.0. The minimum atomic E-state index is -4.91. The van der Waals surface area contributed by atoms with Crippen molar-refractivity contribution in [2.45, 2.75) is 43.8 Å². The number of H-pyrrole nitrogens is 1. The quantitative estimate of drug-likeness (QED) is 0.473. The fourth-order valence-electron chi connectivity index (χ4n) is 3.95. The molecule has 1 saturated heterocycles. The van der Waals surface area contributed by atoms with Crippen molar-refractivity contribution in [3.8, 4) is 0 Å². The van der Waals surface area contributed by atoms with E-state index in [1.807, 2.05) is 24.3 Å². The summed E-state index contributed by atoms with van der Waals surface area (Å²) >= 11 is 0. The van der Waals surface area contributed by atoms with E-state index in [0.29, 0.717) is 18.6 Å². The number of para-hydroxylation sites is 1. The standard InChI is InChI=1S/C22H18F6N2O2/c23-21(24,25)14-7-12(8-15(10-14)22(26,27)28)5-6-19-18(30-20(31)32-19)9-13-11-29-17-4-2-1-3-16(13)17/h1-4,7-8,10-11,18-19,29H,5-6,9H2,(H,30,31). The number of aromatic amines is 1. The smallest absolute Gasteiger partial charge is 0.416 e. The van der Waals surface area contributed by atoms with E-state index < -0.39 is 41.7 Å². The molecule has 170 valence electrons. The summed E-state index contributed by atoms with van der Waals surface area (Å²) < 4.78 is 83.7. The van der Waals surface area contributed by atoms with Crippen LogP contribution in [0.1, 0.15) is 28.7 Å². The van der Waals surface area contributed by atoms with Gasteiger partial charge in [-0.2, -0.15) is 26.3 Å². The van der Waals surface area contributed by atoms with Gasteiger partial charge in [0, 0.05) is 17.1 Å². The van der Waals surface area contributed by atoms with Gasteiger partial charge in [-0.05, 0) is 54.7 Å². The average Bonchev–Trinajstić information content (AvgIpc) is 3.28. The zero-order valence-electron chi connectivity index (χ0n) is 16.5. The molecule has 0 bridgehead atoms. The predicted molar refractivity (Wildman–Crippen MR) is 104 cm³/mol. The van der Waals surface area contributed by atoms with Crippen LogP contribution < -0.4 is 5.32 Å². The SMILES string of the molecule is O=C1NC(Cc2c[nH]c3ccccc23)C(CCc2cc(C(F)(F)F)cc(C(F)(F)F)c2)O1. The van der Waals surface area contributed by atoms with Crippen molar-refractivity contribution in [1.82, 2.24) is 10.3 Å². The second-order valence-corrected chi connectivity index (χ2v) is 7.71. The fraction of sp³-hybridized carbons (Fsp3) is 0.318. The molecule has 1 aliphatic heterocycles. The number of aryl methyl sites for hydroxylation is 1. The van der Waals surface area contributed by atoms with Gasteiger partial charge in [0.2, 0.25) is 0 Å². The number of halogens is 6. The molecule has 2 atom stereocenters. The minimum Gasteiger partial charge on any atom is -0.444 e. The molecule has 1 aliphatic rings. The molecule has 0 spiro atoms. The molecule has 4 rings (SSSR count). The van der Waals surface area contributed by atoms with Crippen molar-refractivity contribution in [2.24, 2.45) is 0 Å². The Hall–Kier alpha value is -3.17. The van der Waals surface area contributed by atoms with Crippen molar-refractivity contribution in [1.29, 1.82) is 0 Å². The normalized spacial score (nSPS) is 19.2. The zero-order chi connectivity index (χ0) is 23.1. The van der Waals surface area contributed by atoms with Crippen LogP contribution in [-0.4, -0.2) is 23.2 Å². The number of hydrogen-bond acceptors (Lipinski definition) is 2. The molecule has 2 N–H and O–H groups in total. The molecule has 4 nitrogen and oxygen atoms in total. The summed E-state index contributed by atoms with van der Waals surface area (Å²) in [6, 6.07) is 8.58. The predicted octanol–water partition coefficient (Wildman–Crippen LogP) is 5.86. The van der Waals surface area contributed by atoms with Gasteiger partial charge in [0.1, 0.15) is 6.10 Å². The van der Waals surface area contributed by atoms with Crippen LogP contribution in [0.4, 0.5) is 31.1 Å². The summed E-state index contributed by atoms with van der Waals surface area (Å²) in [5.74, 6) is 0. The number of carbonyl (C=O) groups is 1. The molecule has 2 unspecified atom stereocenters. The van der Waals surface area contributed by atoms with Gasteiger partial charge < -0.3 is 15.0 Å². The summed E-state index contributed by atoms with van der Waals surface area (Å²) in [5.41, 5.74) is -1.02. The number of cyclic esters (lactones) is 1. The Morgan fingerprint density at radius 2 is 1.59 bits per heavy atom. The first-order valence-corrected chi connectivity index (χ1v) is 9.81. The van der Waals surface area contributed by atoms with E-state index in [2.05, 4.69) is 10.3 Å². The number of aromatic nitrogens is 1. The molecule has 1 fully saturated rings. The number of rotatable bonds is 5. The lowest BCUT2D eigenvalue weighted by atomic mass is 9.95. The van der Waals surface area contributed by atoms with Gasteiger partial charge in [-0.1, -0.05) is 18.2 Å². The molecule has 3 aromatic rings. The van der Waals surface area contributed by atoms with Crippen LogP contribution in [0.3, 0.4) is 0 Å². The number of alkyl carbamates (subject to hydrolysis) is 1. The molecular formula is C22H18F6N2O2. The van der Waals surface area contributed by atoms with E-state index in [0.717, 1.165) is 16.5 Å². The van der Waals surface area contributed by atoms with Crippen molar-refractivity contribution in [2.75, 3.05) is 0 Å². The average molecular weight is 456 g/mol. The van der Waals surface area contributed by atoms with Crippen molar-refractivity contribution >= 4 is 17.0 Å².